The lowest BCUT2D eigenvalue weighted by atomic mass is 9.88. The van der Waals surface area contributed by atoms with Gasteiger partial charge < -0.3 is 10.0 Å². The Kier molecular flexibility index (Phi) is 6.73. The number of halogens is 1. The number of phenols is 1. The molecule has 0 aliphatic carbocycles. The molecule has 35 heavy (non-hydrogen) atoms. The fraction of sp³-hybridized carbons (Fsp3) is 0.345. The molecule has 0 saturated carbocycles. The van der Waals surface area contributed by atoms with E-state index in [0.717, 1.165) is 67.7 Å². The maximum absolute atomic E-state index is 13.6. The molecule has 182 valence electrons. The highest BCUT2D eigenvalue weighted by Crippen LogP contribution is 2.37. The summed E-state index contributed by atoms with van der Waals surface area (Å²) in [7, 11) is 0. The van der Waals surface area contributed by atoms with Crippen LogP contribution in [-0.4, -0.2) is 30.3 Å². The van der Waals surface area contributed by atoms with Gasteiger partial charge in [-0.15, -0.1) is 0 Å². The lowest BCUT2D eigenvalue weighted by Crippen LogP contribution is -2.50. The predicted octanol–water partition coefficient (Wildman–Crippen LogP) is 5.33. The number of hydrogen-bond acceptors (Lipinski definition) is 4. The third-order valence-corrected chi connectivity index (χ3v) is 7.22. The van der Waals surface area contributed by atoms with Crippen molar-refractivity contribution in [3.63, 3.8) is 0 Å². The van der Waals surface area contributed by atoms with Crippen LogP contribution in [0.25, 0.3) is 0 Å². The van der Waals surface area contributed by atoms with Crippen molar-refractivity contribution in [2.75, 3.05) is 22.9 Å². The molecule has 2 aliphatic rings. The van der Waals surface area contributed by atoms with E-state index >= 15 is 0 Å². The van der Waals surface area contributed by atoms with Gasteiger partial charge in [-0.2, -0.15) is 0 Å². The topological polar surface area (TPSA) is 55.8 Å². The average molecular weight is 474 g/mol. The predicted molar refractivity (Wildman–Crippen MR) is 137 cm³/mol. The maximum atomic E-state index is 13.6. The number of phenolic OH excluding ortho intramolecular Hbond substituents is 1. The molecule has 5 nitrogen and oxygen atoms in total. The first kappa shape index (κ1) is 23.4. The van der Waals surface area contributed by atoms with E-state index in [4.69, 9.17) is 0 Å². The third-order valence-electron chi connectivity index (χ3n) is 7.22. The van der Waals surface area contributed by atoms with E-state index in [2.05, 4.69) is 22.3 Å². The Morgan fingerprint density at radius 2 is 1.86 bits per heavy atom. The van der Waals surface area contributed by atoms with Crippen LogP contribution in [0.1, 0.15) is 48.9 Å². The maximum Gasteiger partial charge on any atom is 0.225 e. The van der Waals surface area contributed by atoms with Gasteiger partial charge in [-0.1, -0.05) is 18.2 Å². The van der Waals surface area contributed by atoms with Crippen molar-refractivity contribution < 1.29 is 14.3 Å². The number of rotatable bonds is 5. The van der Waals surface area contributed by atoms with E-state index in [0.29, 0.717) is 0 Å². The molecule has 2 unspecified atom stereocenters. The van der Waals surface area contributed by atoms with Crippen LogP contribution in [0.5, 0.6) is 5.75 Å². The van der Waals surface area contributed by atoms with Crippen molar-refractivity contribution in [1.82, 2.24) is 5.32 Å². The quantitative estimate of drug-likeness (QED) is 0.526. The molecule has 0 bridgehead atoms. The molecular formula is C29H32FN3O2. The standard InChI is InChI=1S/C29H32FN3O2/c1-20(34)33(29-4-2-3-16-31-29)25-9-5-21(6-10-25)18-28-27-14-13-26(35)19-22(27)15-17-32(28)24-11-7-23(30)8-12-24/h5-14,19,28-29,31,35H,2-4,15-18H2,1H3. The summed E-state index contributed by atoms with van der Waals surface area (Å²) in [4.78, 5) is 16.7. The molecule has 0 aromatic heterocycles. The normalized spacial score (nSPS) is 19.8. The van der Waals surface area contributed by atoms with Crippen LogP contribution in [0.2, 0.25) is 0 Å². The minimum atomic E-state index is -0.245. The highest BCUT2D eigenvalue weighted by atomic mass is 19.1. The number of aromatic hydroxyl groups is 1. The smallest absolute Gasteiger partial charge is 0.225 e. The molecule has 2 aliphatic heterocycles. The van der Waals surface area contributed by atoms with Gasteiger partial charge in [0.05, 0.1) is 12.2 Å². The number of nitrogens with zero attached hydrogens (tertiary/aromatic N) is 2. The van der Waals surface area contributed by atoms with Gasteiger partial charge in [-0.05, 0) is 104 Å². The number of carbonyl (C=O) groups is 1. The molecule has 5 rings (SSSR count). The zero-order valence-electron chi connectivity index (χ0n) is 20.1. The number of hydrogen-bond donors (Lipinski definition) is 2. The monoisotopic (exact) mass is 473 g/mol. The van der Waals surface area contributed by atoms with Crippen LogP contribution in [0.4, 0.5) is 15.8 Å². The van der Waals surface area contributed by atoms with E-state index in [-0.39, 0.29) is 29.7 Å². The molecule has 0 radical (unpaired) electrons. The molecule has 1 saturated heterocycles. The molecule has 3 aromatic rings. The Balaban J connectivity index is 1.43. The minimum Gasteiger partial charge on any atom is -0.508 e. The molecule has 0 spiro atoms. The number of benzene rings is 3. The number of carbonyl (C=O) groups excluding carboxylic acids is 1. The van der Waals surface area contributed by atoms with Gasteiger partial charge in [0.1, 0.15) is 11.6 Å². The largest absolute Gasteiger partial charge is 0.508 e. The summed E-state index contributed by atoms with van der Waals surface area (Å²) in [6.45, 7) is 3.35. The van der Waals surface area contributed by atoms with E-state index in [9.17, 15) is 14.3 Å². The van der Waals surface area contributed by atoms with Crippen LogP contribution in [-0.2, 0) is 17.6 Å². The Bertz CT molecular complexity index is 1170. The lowest BCUT2D eigenvalue weighted by molar-refractivity contribution is -0.117. The number of nitrogens with one attached hydrogen (secondary N) is 1. The first-order valence-electron chi connectivity index (χ1n) is 12.5. The zero-order chi connectivity index (χ0) is 24.4. The van der Waals surface area contributed by atoms with E-state index in [1.54, 1.807) is 13.0 Å². The van der Waals surface area contributed by atoms with E-state index in [1.807, 2.05) is 41.3 Å². The Labute approximate surface area is 206 Å². The molecule has 3 aromatic carbocycles. The number of amides is 1. The van der Waals surface area contributed by atoms with Crippen molar-refractivity contribution in [3.05, 3.63) is 89.2 Å². The molecule has 2 N–H and O–H groups in total. The molecule has 2 atom stereocenters. The van der Waals surface area contributed by atoms with Crippen LogP contribution in [0, 0.1) is 5.82 Å². The average Bonchev–Trinajstić information content (AvgIpc) is 2.86. The molecule has 1 amide bonds. The first-order chi connectivity index (χ1) is 17.0. The Hall–Kier alpha value is -3.38. The summed E-state index contributed by atoms with van der Waals surface area (Å²) in [5.41, 5.74) is 5.38. The fourth-order valence-corrected chi connectivity index (χ4v) is 5.51. The Morgan fingerprint density at radius 3 is 2.54 bits per heavy atom. The van der Waals surface area contributed by atoms with Crippen molar-refractivity contribution in [2.45, 2.75) is 51.2 Å². The van der Waals surface area contributed by atoms with Crippen LogP contribution < -0.4 is 15.1 Å². The summed E-state index contributed by atoms with van der Waals surface area (Å²) in [6.07, 6.45) is 4.84. The van der Waals surface area contributed by atoms with Crippen molar-refractivity contribution in [1.29, 1.82) is 0 Å². The molecule has 1 fully saturated rings. The van der Waals surface area contributed by atoms with Gasteiger partial charge in [0.2, 0.25) is 5.91 Å². The van der Waals surface area contributed by atoms with Gasteiger partial charge in [-0.3, -0.25) is 15.0 Å². The summed E-state index contributed by atoms with van der Waals surface area (Å²) in [6, 6.07) is 20.6. The fourth-order valence-electron chi connectivity index (χ4n) is 5.51. The van der Waals surface area contributed by atoms with Crippen molar-refractivity contribution in [3.8, 4) is 5.75 Å². The van der Waals surface area contributed by atoms with Gasteiger partial charge >= 0.3 is 0 Å². The molecule has 2 heterocycles. The lowest BCUT2D eigenvalue weighted by Gasteiger charge is -2.39. The van der Waals surface area contributed by atoms with Gasteiger partial charge in [0.15, 0.2) is 0 Å². The van der Waals surface area contributed by atoms with Gasteiger partial charge in [0.25, 0.3) is 0 Å². The highest BCUT2D eigenvalue weighted by molar-refractivity contribution is 5.92. The molecular weight excluding hydrogens is 441 g/mol. The number of fused-ring (bicyclic) bond motifs is 1. The second kappa shape index (κ2) is 10.1. The highest BCUT2D eigenvalue weighted by Gasteiger charge is 2.29. The summed E-state index contributed by atoms with van der Waals surface area (Å²) < 4.78 is 13.6. The SMILES string of the molecule is CC(=O)N(c1ccc(CC2c3ccc(O)cc3CCN2c2ccc(F)cc2)cc1)C1CCCCN1. The van der Waals surface area contributed by atoms with Crippen LogP contribution in [0.15, 0.2) is 66.7 Å². The minimum absolute atomic E-state index is 0.0407. The summed E-state index contributed by atoms with van der Waals surface area (Å²) in [5.74, 6) is 0.0779. The summed E-state index contributed by atoms with van der Waals surface area (Å²) >= 11 is 0. The van der Waals surface area contributed by atoms with Gasteiger partial charge in [-0.25, -0.2) is 4.39 Å². The second-order valence-corrected chi connectivity index (χ2v) is 9.54. The number of anilines is 2. The first-order valence-corrected chi connectivity index (χ1v) is 12.5. The van der Waals surface area contributed by atoms with Crippen LogP contribution >= 0.6 is 0 Å². The van der Waals surface area contributed by atoms with Gasteiger partial charge in [0, 0.05) is 24.8 Å². The second-order valence-electron chi connectivity index (χ2n) is 9.54. The van der Waals surface area contributed by atoms with E-state index in [1.165, 1.54) is 17.7 Å². The zero-order valence-corrected chi connectivity index (χ0v) is 20.1. The third kappa shape index (κ3) is 5.03. The molecule has 6 heteroatoms. The number of piperidine rings is 1. The summed E-state index contributed by atoms with van der Waals surface area (Å²) in [5, 5.41) is 13.5. The van der Waals surface area contributed by atoms with Crippen molar-refractivity contribution in [2.24, 2.45) is 0 Å². The van der Waals surface area contributed by atoms with Crippen LogP contribution in [0.3, 0.4) is 0 Å². The van der Waals surface area contributed by atoms with E-state index < -0.39 is 0 Å². The van der Waals surface area contributed by atoms with Crippen molar-refractivity contribution >= 4 is 17.3 Å². The Morgan fingerprint density at radius 1 is 1.09 bits per heavy atom.